The summed E-state index contributed by atoms with van der Waals surface area (Å²) in [4.78, 5) is 69.7. The molecule has 2 aromatic carbocycles. The van der Waals surface area contributed by atoms with Gasteiger partial charge in [-0.2, -0.15) is 0 Å². The number of allylic oxidation sites excluding steroid dienone is 1. The molecule has 2 heterocycles. The topological polar surface area (TPSA) is 234 Å². The van der Waals surface area contributed by atoms with E-state index < -0.39 is 48.5 Å². The standard InChI is InChI=1S/C40H43N5O12/c1-7-24-16-29(35(46)43-26-12-10-25(11-13-26)34(41)45-39(50)53-19-32-21(4)54-40(51)57-32)28(17-31(24)52-6)27-14-15-30(36(47)42-18-23-8-9-23)44-33(27)38(49)56-22(5)55-37(48)20(2)3/h7,10-17,20,22-23,40,51H,1,8-9,18-19H2,2-6H3,(H,42,47)(H,43,46)(H2,41,45,50). The maximum Gasteiger partial charge on any atom is 0.413 e. The first kappa shape index (κ1) is 41.4. The van der Waals surface area contributed by atoms with Crippen LogP contribution < -0.4 is 20.7 Å². The van der Waals surface area contributed by atoms with E-state index in [1.54, 1.807) is 13.8 Å². The molecular weight excluding hydrogens is 742 g/mol. The molecule has 0 bridgehead atoms. The van der Waals surface area contributed by atoms with Crippen molar-refractivity contribution in [2.75, 3.05) is 25.6 Å². The summed E-state index contributed by atoms with van der Waals surface area (Å²) in [5.41, 5.74) is 0.982. The summed E-state index contributed by atoms with van der Waals surface area (Å²) in [7, 11) is 1.42. The van der Waals surface area contributed by atoms with Gasteiger partial charge in [0.15, 0.2) is 18.1 Å². The normalized spacial score (nSPS) is 15.0. The average molecular weight is 786 g/mol. The van der Waals surface area contributed by atoms with Crippen LogP contribution in [-0.2, 0) is 28.5 Å². The number of hydrogen-bond acceptors (Lipinski definition) is 14. The summed E-state index contributed by atoms with van der Waals surface area (Å²) in [6, 6.07) is 11.9. The Morgan fingerprint density at radius 3 is 2.33 bits per heavy atom. The molecule has 2 aliphatic rings. The number of pyridine rings is 1. The van der Waals surface area contributed by atoms with Crippen LogP contribution in [0, 0.1) is 17.2 Å². The molecule has 3 aromatic rings. The quantitative estimate of drug-likeness (QED) is 0.0585. The lowest BCUT2D eigenvalue weighted by Crippen LogP contribution is -2.31. The number of alkyl carbamates (subject to hydrolysis) is 1. The Hall–Kier alpha value is -6.75. The fourth-order valence-electron chi connectivity index (χ4n) is 5.32. The molecule has 17 heteroatoms. The van der Waals surface area contributed by atoms with Crippen LogP contribution in [0.15, 0.2) is 66.6 Å². The molecule has 1 aliphatic carbocycles. The number of amides is 3. The van der Waals surface area contributed by atoms with Gasteiger partial charge in [0.25, 0.3) is 11.8 Å². The van der Waals surface area contributed by atoms with E-state index in [-0.39, 0.29) is 57.6 Å². The van der Waals surface area contributed by atoms with Crippen LogP contribution >= 0.6 is 0 Å². The third-order valence-corrected chi connectivity index (χ3v) is 8.63. The number of anilines is 1. The summed E-state index contributed by atoms with van der Waals surface area (Å²) in [5, 5.41) is 25.6. The lowest BCUT2D eigenvalue weighted by Gasteiger charge is -2.19. The maximum atomic E-state index is 14.0. The second-order valence-electron chi connectivity index (χ2n) is 13.3. The predicted molar refractivity (Wildman–Crippen MR) is 204 cm³/mol. The summed E-state index contributed by atoms with van der Waals surface area (Å²) < 4.78 is 31.2. The molecule has 3 amide bonds. The Labute approximate surface area is 327 Å². The Bertz CT molecular complexity index is 2110. The van der Waals surface area contributed by atoms with Gasteiger partial charge in [-0.05, 0) is 74.2 Å². The highest BCUT2D eigenvalue weighted by Gasteiger charge is 2.28. The molecule has 0 saturated heterocycles. The summed E-state index contributed by atoms with van der Waals surface area (Å²) in [6.45, 7) is 8.61. The lowest BCUT2D eigenvalue weighted by atomic mass is 9.94. The molecule has 2 unspecified atom stereocenters. The number of nitrogens with zero attached hydrogens (tertiary/aromatic N) is 1. The molecule has 1 aromatic heterocycles. The highest BCUT2D eigenvalue weighted by Crippen LogP contribution is 2.35. The van der Waals surface area contributed by atoms with Crippen LogP contribution in [0.25, 0.3) is 17.2 Å². The van der Waals surface area contributed by atoms with E-state index in [2.05, 4.69) is 27.5 Å². The minimum Gasteiger partial charge on any atom is -0.496 e. The Morgan fingerprint density at radius 1 is 1.00 bits per heavy atom. The second-order valence-corrected chi connectivity index (χ2v) is 13.3. The lowest BCUT2D eigenvalue weighted by molar-refractivity contribution is -0.194. The first-order valence-corrected chi connectivity index (χ1v) is 17.9. The highest BCUT2D eigenvalue weighted by atomic mass is 16.8. The predicted octanol–water partition coefficient (Wildman–Crippen LogP) is 5.10. The van der Waals surface area contributed by atoms with Gasteiger partial charge in [-0.1, -0.05) is 26.5 Å². The molecule has 57 heavy (non-hydrogen) atoms. The molecular formula is C40H43N5O12. The van der Waals surface area contributed by atoms with Gasteiger partial charge in [0.2, 0.25) is 6.29 Å². The number of amidine groups is 1. The zero-order valence-corrected chi connectivity index (χ0v) is 31.9. The van der Waals surface area contributed by atoms with Crippen LogP contribution in [0.3, 0.4) is 0 Å². The number of methoxy groups -OCH3 is 1. The Balaban J connectivity index is 1.40. The van der Waals surface area contributed by atoms with Crippen molar-refractivity contribution >= 4 is 47.4 Å². The van der Waals surface area contributed by atoms with Crippen molar-refractivity contribution in [3.8, 4) is 16.9 Å². The first-order chi connectivity index (χ1) is 27.2. The number of nitrogens with one attached hydrogen (secondary N) is 4. The number of carbonyl (C=O) groups is 5. The number of ether oxygens (including phenoxy) is 6. The zero-order valence-electron chi connectivity index (χ0n) is 31.9. The van der Waals surface area contributed by atoms with Crippen molar-refractivity contribution in [2.24, 2.45) is 11.8 Å². The third kappa shape index (κ3) is 10.7. The van der Waals surface area contributed by atoms with Gasteiger partial charge in [-0.15, -0.1) is 0 Å². The molecule has 5 rings (SSSR count). The average Bonchev–Trinajstić information content (AvgIpc) is 3.96. The van der Waals surface area contributed by atoms with Crippen molar-refractivity contribution in [1.82, 2.24) is 15.6 Å². The van der Waals surface area contributed by atoms with Gasteiger partial charge in [0.05, 0.1) is 13.0 Å². The first-order valence-electron chi connectivity index (χ1n) is 17.9. The number of aliphatic hydroxyl groups is 1. The van der Waals surface area contributed by atoms with E-state index in [9.17, 15) is 29.1 Å². The number of benzene rings is 2. The van der Waals surface area contributed by atoms with E-state index in [0.717, 1.165) is 12.8 Å². The highest BCUT2D eigenvalue weighted by molar-refractivity contribution is 6.11. The summed E-state index contributed by atoms with van der Waals surface area (Å²) >= 11 is 0. The third-order valence-electron chi connectivity index (χ3n) is 8.63. The smallest absolute Gasteiger partial charge is 0.413 e. The van der Waals surface area contributed by atoms with Gasteiger partial charge in [0.1, 0.15) is 23.0 Å². The minimum absolute atomic E-state index is 0.0579. The van der Waals surface area contributed by atoms with Gasteiger partial charge in [-0.25, -0.2) is 14.6 Å². The van der Waals surface area contributed by atoms with Crippen molar-refractivity contribution in [1.29, 1.82) is 5.41 Å². The van der Waals surface area contributed by atoms with E-state index in [0.29, 0.717) is 29.5 Å². The zero-order chi connectivity index (χ0) is 41.4. The molecule has 300 valence electrons. The second kappa shape index (κ2) is 18.3. The molecule has 1 aliphatic heterocycles. The SMILES string of the molecule is C=Cc1cc(C(=O)Nc2ccc(C(=N)NC(=O)OCC3=C(C)OC(O)O3)cc2)c(-c2ccc(C(=O)NCC3CC3)nc2C(=O)OC(C)OC(=O)C(C)C)cc1OC. The van der Waals surface area contributed by atoms with E-state index in [4.69, 9.17) is 33.8 Å². The van der Waals surface area contributed by atoms with Crippen LogP contribution in [0.2, 0.25) is 0 Å². The van der Waals surface area contributed by atoms with Crippen molar-refractivity contribution in [2.45, 2.75) is 53.3 Å². The molecule has 5 N–H and O–H groups in total. The van der Waals surface area contributed by atoms with E-state index >= 15 is 0 Å². The van der Waals surface area contributed by atoms with Crippen LogP contribution in [-0.4, -0.2) is 78.8 Å². The number of aliphatic hydroxyl groups excluding tert-OH is 1. The van der Waals surface area contributed by atoms with Crippen LogP contribution in [0.4, 0.5) is 10.5 Å². The van der Waals surface area contributed by atoms with Gasteiger partial charge in [0, 0.05) is 47.0 Å². The van der Waals surface area contributed by atoms with E-state index in [1.165, 1.54) is 75.6 Å². The van der Waals surface area contributed by atoms with Gasteiger partial charge < -0.3 is 44.2 Å². The van der Waals surface area contributed by atoms with Crippen molar-refractivity contribution in [3.63, 3.8) is 0 Å². The van der Waals surface area contributed by atoms with Gasteiger partial charge in [-0.3, -0.25) is 25.1 Å². The maximum absolute atomic E-state index is 14.0. The van der Waals surface area contributed by atoms with Gasteiger partial charge >= 0.3 is 24.5 Å². The fourth-order valence-corrected chi connectivity index (χ4v) is 5.32. The van der Waals surface area contributed by atoms with E-state index in [1.807, 2.05) is 0 Å². The molecule has 1 saturated carbocycles. The number of hydrogen-bond donors (Lipinski definition) is 5. The monoisotopic (exact) mass is 785 g/mol. The molecule has 0 radical (unpaired) electrons. The van der Waals surface area contributed by atoms with Crippen LogP contribution in [0.1, 0.15) is 83.0 Å². The summed E-state index contributed by atoms with van der Waals surface area (Å²) in [6.07, 6.45) is 1.23. The largest absolute Gasteiger partial charge is 0.496 e. The number of carbonyl (C=O) groups excluding carboxylic acids is 5. The Kier molecular flexibility index (Phi) is 13.3. The number of rotatable bonds is 15. The molecule has 1 fully saturated rings. The number of esters is 2. The summed E-state index contributed by atoms with van der Waals surface area (Å²) in [5.74, 6) is -2.48. The van der Waals surface area contributed by atoms with Crippen molar-refractivity contribution in [3.05, 3.63) is 94.7 Å². The molecule has 2 atom stereocenters. The number of aromatic nitrogens is 1. The fraction of sp³-hybridized carbons (Fsp3) is 0.325. The Morgan fingerprint density at radius 2 is 1.72 bits per heavy atom. The molecule has 0 spiro atoms. The minimum atomic E-state index is -1.48. The van der Waals surface area contributed by atoms with Crippen LogP contribution in [0.5, 0.6) is 5.75 Å². The van der Waals surface area contributed by atoms with Crippen molar-refractivity contribution < 1.29 is 57.5 Å². The molecule has 17 nitrogen and oxygen atoms in total.